The number of aromatic nitrogens is 2. The van der Waals surface area contributed by atoms with Crippen molar-refractivity contribution in [3.8, 4) is 0 Å². The minimum Gasteiger partial charge on any atom is -0.313 e. The first-order valence-corrected chi connectivity index (χ1v) is 9.65. The average Bonchev–Trinajstić information content (AvgIpc) is 2.96. The molecule has 2 aliphatic rings. The molecule has 0 aliphatic carbocycles. The topological polar surface area (TPSA) is 86.9 Å². The minimum absolute atomic E-state index is 0.293. The Morgan fingerprint density at radius 2 is 1.96 bits per heavy atom. The molecule has 0 saturated carbocycles. The van der Waals surface area contributed by atoms with E-state index in [-0.39, 0.29) is 0 Å². The van der Waals surface area contributed by atoms with Gasteiger partial charge in [-0.05, 0) is 24.3 Å². The highest BCUT2D eigenvalue weighted by Gasteiger charge is 2.30. The molecule has 3 heterocycles. The van der Waals surface area contributed by atoms with Crippen molar-refractivity contribution in [3.63, 3.8) is 0 Å². The normalized spacial score (nSPS) is 22.7. The fourth-order valence-corrected chi connectivity index (χ4v) is 3.61. The Balaban J connectivity index is 0.000000137. The van der Waals surface area contributed by atoms with Crippen LogP contribution in [0.2, 0.25) is 5.02 Å². The SMILES string of the molecule is CS(=O)(=O)c1ccc(Cl)cc1.c1n[nH]c2c1C1CNCC(C2)N1. The van der Waals surface area contributed by atoms with Gasteiger partial charge in [-0.1, -0.05) is 11.6 Å². The number of fused-ring (bicyclic) bond motifs is 4. The van der Waals surface area contributed by atoms with Crippen LogP contribution in [0.5, 0.6) is 0 Å². The summed E-state index contributed by atoms with van der Waals surface area (Å²) in [4.78, 5) is 0.293. The van der Waals surface area contributed by atoms with E-state index in [9.17, 15) is 8.42 Å². The summed E-state index contributed by atoms with van der Waals surface area (Å²) >= 11 is 5.57. The molecule has 0 amide bonds. The van der Waals surface area contributed by atoms with Gasteiger partial charge in [0.15, 0.2) is 9.84 Å². The Morgan fingerprint density at radius 3 is 2.65 bits per heavy atom. The zero-order valence-corrected chi connectivity index (χ0v) is 14.3. The smallest absolute Gasteiger partial charge is 0.175 e. The zero-order chi connectivity index (χ0) is 16.4. The van der Waals surface area contributed by atoms with Crippen molar-refractivity contribution in [1.29, 1.82) is 0 Å². The third-order valence-electron chi connectivity index (χ3n) is 4.00. The molecular weight excluding hydrogens is 336 g/mol. The summed E-state index contributed by atoms with van der Waals surface area (Å²) in [7, 11) is -3.08. The maximum absolute atomic E-state index is 10.9. The van der Waals surface area contributed by atoms with E-state index in [4.69, 9.17) is 11.6 Å². The number of hydrogen-bond donors (Lipinski definition) is 3. The molecule has 6 nitrogen and oxygen atoms in total. The summed E-state index contributed by atoms with van der Waals surface area (Å²) in [6.45, 7) is 2.11. The molecule has 0 spiro atoms. The van der Waals surface area contributed by atoms with Crippen LogP contribution in [0.25, 0.3) is 0 Å². The number of rotatable bonds is 1. The van der Waals surface area contributed by atoms with Crippen molar-refractivity contribution in [2.45, 2.75) is 23.4 Å². The number of sulfone groups is 1. The lowest BCUT2D eigenvalue weighted by molar-refractivity contribution is 0.319. The Hall–Kier alpha value is -1.41. The summed E-state index contributed by atoms with van der Waals surface area (Å²) < 4.78 is 21.8. The standard InChI is InChI=1S/C8H12N4.C7H7ClO2S/c1-5-2-9-4-8(11-5)6-3-10-12-7(1)6;1-11(9,10)7-4-2-6(8)3-5-7/h3,5,8-9,11H,1-2,4H2,(H,10,12);2-5H,1H3. The average molecular weight is 355 g/mol. The van der Waals surface area contributed by atoms with Crippen LogP contribution in [0.15, 0.2) is 35.4 Å². The van der Waals surface area contributed by atoms with Gasteiger partial charge in [0.05, 0.1) is 11.1 Å². The number of aromatic amines is 1. The van der Waals surface area contributed by atoms with Crippen molar-refractivity contribution in [2.75, 3.05) is 19.3 Å². The van der Waals surface area contributed by atoms with Gasteiger partial charge in [-0.25, -0.2) is 8.42 Å². The van der Waals surface area contributed by atoms with Gasteiger partial charge in [0.1, 0.15) is 0 Å². The van der Waals surface area contributed by atoms with Crippen LogP contribution in [-0.2, 0) is 16.3 Å². The van der Waals surface area contributed by atoms with Crippen LogP contribution < -0.4 is 10.6 Å². The summed E-state index contributed by atoms with van der Waals surface area (Å²) in [5.41, 5.74) is 2.67. The second-order valence-corrected chi connectivity index (χ2v) is 8.26. The number of nitrogens with zero attached hydrogens (tertiary/aromatic N) is 1. The maximum Gasteiger partial charge on any atom is 0.175 e. The molecule has 8 heteroatoms. The van der Waals surface area contributed by atoms with Crippen LogP contribution in [0.4, 0.5) is 0 Å². The highest BCUT2D eigenvalue weighted by Crippen LogP contribution is 2.24. The van der Waals surface area contributed by atoms with Crippen LogP contribution in [-0.4, -0.2) is 44.0 Å². The largest absolute Gasteiger partial charge is 0.313 e. The fourth-order valence-electron chi connectivity index (χ4n) is 2.85. The lowest BCUT2D eigenvalue weighted by Gasteiger charge is -2.35. The van der Waals surface area contributed by atoms with Gasteiger partial charge >= 0.3 is 0 Å². The van der Waals surface area contributed by atoms with E-state index in [1.165, 1.54) is 23.4 Å². The summed E-state index contributed by atoms with van der Waals surface area (Å²) in [6.07, 6.45) is 4.19. The molecule has 2 aromatic rings. The Labute approximate surface area is 140 Å². The number of halogens is 1. The van der Waals surface area contributed by atoms with Crippen LogP contribution >= 0.6 is 11.6 Å². The van der Waals surface area contributed by atoms with Crippen LogP contribution in [0.3, 0.4) is 0 Å². The van der Waals surface area contributed by atoms with Gasteiger partial charge < -0.3 is 10.6 Å². The molecule has 1 aromatic carbocycles. The first-order valence-electron chi connectivity index (χ1n) is 7.38. The van der Waals surface area contributed by atoms with E-state index < -0.39 is 9.84 Å². The Bertz CT molecular complexity index is 773. The van der Waals surface area contributed by atoms with Crippen molar-refractivity contribution >= 4 is 21.4 Å². The number of nitrogens with one attached hydrogen (secondary N) is 3. The highest BCUT2D eigenvalue weighted by atomic mass is 35.5. The van der Waals surface area contributed by atoms with Crippen LogP contribution in [0.1, 0.15) is 17.3 Å². The summed E-state index contributed by atoms with van der Waals surface area (Å²) in [5.74, 6) is 0. The molecule has 1 aromatic heterocycles. The number of H-pyrrole nitrogens is 1. The van der Waals surface area contributed by atoms with Crippen LogP contribution in [0, 0.1) is 0 Å². The first-order chi connectivity index (χ1) is 10.9. The first kappa shape index (κ1) is 16.4. The van der Waals surface area contributed by atoms with E-state index in [2.05, 4.69) is 20.8 Å². The highest BCUT2D eigenvalue weighted by molar-refractivity contribution is 7.90. The molecule has 1 saturated heterocycles. The van der Waals surface area contributed by atoms with Crippen molar-refractivity contribution in [3.05, 3.63) is 46.7 Å². The van der Waals surface area contributed by atoms with Gasteiger partial charge in [-0.3, -0.25) is 5.10 Å². The molecule has 2 atom stereocenters. The molecule has 124 valence electrons. The minimum atomic E-state index is -3.08. The molecular formula is C15H19ClN4O2S. The second kappa shape index (κ2) is 6.60. The van der Waals surface area contributed by atoms with Gasteiger partial charge in [0.25, 0.3) is 0 Å². The number of hydrogen-bond acceptors (Lipinski definition) is 5. The summed E-state index contributed by atoms with van der Waals surface area (Å²) in [6, 6.07) is 7.15. The van der Waals surface area contributed by atoms with E-state index in [0.29, 0.717) is 22.0 Å². The van der Waals surface area contributed by atoms with Gasteiger partial charge in [-0.15, -0.1) is 0 Å². The number of benzene rings is 1. The lowest BCUT2D eigenvalue weighted by atomic mass is 9.93. The van der Waals surface area contributed by atoms with Gasteiger partial charge in [-0.2, -0.15) is 5.10 Å². The maximum atomic E-state index is 10.9. The fraction of sp³-hybridized carbons (Fsp3) is 0.400. The molecule has 23 heavy (non-hydrogen) atoms. The van der Waals surface area contributed by atoms with E-state index in [1.54, 1.807) is 12.1 Å². The van der Waals surface area contributed by atoms with E-state index >= 15 is 0 Å². The summed E-state index contributed by atoms with van der Waals surface area (Å²) in [5, 5.41) is 14.7. The lowest BCUT2D eigenvalue weighted by Crippen LogP contribution is -2.53. The van der Waals surface area contributed by atoms with Crippen molar-refractivity contribution in [1.82, 2.24) is 20.8 Å². The molecule has 2 bridgehead atoms. The molecule has 0 radical (unpaired) electrons. The van der Waals surface area contributed by atoms with Crippen molar-refractivity contribution in [2.24, 2.45) is 0 Å². The Kier molecular flexibility index (Phi) is 4.72. The predicted molar refractivity (Wildman–Crippen MR) is 89.4 cm³/mol. The number of piperazine rings is 1. The second-order valence-electron chi connectivity index (χ2n) is 5.81. The predicted octanol–water partition coefficient (Wildman–Crippen LogP) is 1.31. The van der Waals surface area contributed by atoms with Crippen molar-refractivity contribution < 1.29 is 8.42 Å². The third-order valence-corrected chi connectivity index (χ3v) is 5.38. The monoisotopic (exact) mass is 354 g/mol. The van der Waals surface area contributed by atoms with Gasteiger partial charge in [0.2, 0.25) is 0 Å². The Morgan fingerprint density at radius 1 is 1.22 bits per heavy atom. The molecule has 1 fully saturated rings. The molecule has 2 aliphatic heterocycles. The zero-order valence-electron chi connectivity index (χ0n) is 12.7. The quantitative estimate of drug-likeness (QED) is 0.718. The molecule has 2 unspecified atom stereocenters. The van der Waals surface area contributed by atoms with E-state index in [0.717, 1.165) is 25.8 Å². The molecule has 3 N–H and O–H groups in total. The van der Waals surface area contributed by atoms with E-state index in [1.807, 2.05) is 6.20 Å². The third kappa shape index (κ3) is 3.92. The van der Waals surface area contributed by atoms with Gasteiger partial charge in [0, 0.05) is 54.1 Å². The molecule has 4 rings (SSSR count).